The lowest BCUT2D eigenvalue weighted by atomic mass is 10.1. The molecule has 0 aromatic rings. The summed E-state index contributed by atoms with van der Waals surface area (Å²) in [6.07, 6.45) is 4.92. The van der Waals surface area contributed by atoms with Crippen LogP contribution < -0.4 is 11.1 Å². The molecule has 88 valence electrons. The minimum atomic E-state index is 0.342. The molecule has 0 saturated carbocycles. The third kappa shape index (κ3) is 4.22. The summed E-state index contributed by atoms with van der Waals surface area (Å²) in [6, 6.07) is 0.937. The smallest absolute Gasteiger partial charge is 0.0464 e. The number of hydrogen-bond donors (Lipinski definition) is 2. The summed E-state index contributed by atoms with van der Waals surface area (Å²) < 4.78 is 0. The van der Waals surface area contributed by atoms with Crippen molar-refractivity contribution in [3.05, 3.63) is 12.3 Å². The van der Waals surface area contributed by atoms with E-state index in [0.29, 0.717) is 12.1 Å². The van der Waals surface area contributed by atoms with E-state index < -0.39 is 0 Å². The second-order valence-corrected chi connectivity index (χ2v) is 4.68. The van der Waals surface area contributed by atoms with Gasteiger partial charge in [0.1, 0.15) is 0 Å². The topological polar surface area (TPSA) is 41.3 Å². The fourth-order valence-electron chi connectivity index (χ4n) is 2.15. The van der Waals surface area contributed by atoms with E-state index in [1.54, 1.807) is 0 Å². The van der Waals surface area contributed by atoms with Crippen molar-refractivity contribution in [1.29, 1.82) is 0 Å². The Balaban J connectivity index is 2.20. The minimum Gasteiger partial charge on any atom is -0.401 e. The number of nitrogens with two attached hydrogens (primary N) is 1. The number of nitrogens with zero attached hydrogens (tertiary/aromatic N) is 1. The highest BCUT2D eigenvalue weighted by molar-refractivity contribution is 5.04. The van der Waals surface area contributed by atoms with Gasteiger partial charge in [-0.2, -0.15) is 0 Å². The zero-order valence-corrected chi connectivity index (χ0v) is 10.1. The number of nitrogens with one attached hydrogen (secondary N) is 1. The summed E-state index contributed by atoms with van der Waals surface area (Å²) in [5, 5.41) is 3.53. The normalized spacial score (nSPS) is 26.1. The molecule has 0 radical (unpaired) electrons. The molecule has 15 heavy (non-hydrogen) atoms. The van der Waals surface area contributed by atoms with Gasteiger partial charge in [0, 0.05) is 24.3 Å². The van der Waals surface area contributed by atoms with Gasteiger partial charge >= 0.3 is 0 Å². The molecule has 0 bridgehead atoms. The summed E-state index contributed by atoms with van der Waals surface area (Å²) in [7, 11) is 2.20. The summed E-state index contributed by atoms with van der Waals surface area (Å²) >= 11 is 0. The lowest BCUT2D eigenvalue weighted by Crippen LogP contribution is -2.40. The molecule has 1 saturated heterocycles. The van der Waals surface area contributed by atoms with E-state index in [9.17, 15) is 0 Å². The first-order valence-electron chi connectivity index (χ1n) is 6.02. The Morgan fingerprint density at radius 2 is 2.27 bits per heavy atom. The lowest BCUT2D eigenvalue weighted by molar-refractivity contribution is 0.293. The fourth-order valence-corrected chi connectivity index (χ4v) is 2.15. The highest BCUT2D eigenvalue weighted by Crippen LogP contribution is 2.15. The van der Waals surface area contributed by atoms with Crippen LogP contribution in [0.2, 0.25) is 0 Å². The van der Waals surface area contributed by atoms with Crippen molar-refractivity contribution in [2.45, 2.75) is 44.7 Å². The largest absolute Gasteiger partial charge is 0.401 e. The molecule has 3 heteroatoms. The number of hydrogen-bond acceptors (Lipinski definition) is 3. The van der Waals surface area contributed by atoms with Gasteiger partial charge in [-0.15, -0.1) is 0 Å². The van der Waals surface area contributed by atoms with Gasteiger partial charge in [0.15, 0.2) is 0 Å². The predicted molar refractivity (Wildman–Crippen MR) is 65.7 cm³/mol. The van der Waals surface area contributed by atoms with E-state index in [0.717, 1.165) is 18.7 Å². The molecular formula is C12H25N3. The molecule has 0 amide bonds. The van der Waals surface area contributed by atoms with Crippen LogP contribution in [0.4, 0.5) is 0 Å². The van der Waals surface area contributed by atoms with Crippen LogP contribution in [-0.4, -0.2) is 37.1 Å². The molecule has 0 spiro atoms. The lowest BCUT2D eigenvalue weighted by Gasteiger charge is -2.21. The van der Waals surface area contributed by atoms with E-state index in [4.69, 9.17) is 5.73 Å². The first-order chi connectivity index (χ1) is 7.13. The maximum Gasteiger partial charge on any atom is 0.0464 e. The third-order valence-electron chi connectivity index (χ3n) is 3.11. The molecule has 2 unspecified atom stereocenters. The molecule has 3 N–H and O–H groups in total. The fraction of sp³-hybridized carbons (Fsp3) is 0.833. The minimum absolute atomic E-state index is 0.342. The van der Waals surface area contributed by atoms with Crippen molar-refractivity contribution in [1.82, 2.24) is 10.2 Å². The van der Waals surface area contributed by atoms with Gasteiger partial charge in [-0.05, 0) is 32.9 Å². The molecule has 1 heterocycles. The molecule has 3 nitrogen and oxygen atoms in total. The number of likely N-dealkylation sites (N-methyl/N-ethyl adjacent to an activating group) is 1. The Morgan fingerprint density at radius 3 is 2.80 bits per heavy atom. The monoisotopic (exact) mass is 211 g/mol. The van der Waals surface area contributed by atoms with Gasteiger partial charge in [-0.1, -0.05) is 19.9 Å². The zero-order valence-electron chi connectivity index (χ0n) is 10.1. The van der Waals surface area contributed by atoms with Crippen LogP contribution in [-0.2, 0) is 0 Å². The van der Waals surface area contributed by atoms with E-state index in [2.05, 4.69) is 30.8 Å². The van der Waals surface area contributed by atoms with Crippen LogP contribution in [0.3, 0.4) is 0 Å². The second-order valence-electron chi connectivity index (χ2n) is 4.68. The van der Waals surface area contributed by atoms with Gasteiger partial charge in [-0.25, -0.2) is 0 Å². The van der Waals surface area contributed by atoms with Crippen LogP contribution in [0.15, 0.2) is 12.3 Å². The maximum absolute atomic E-state index is 5.70. The molecule has 1 fully saturated rings. The molecule has 1 aliphatic heterocycles. The van der Waals surface area contributed by atoms with E-state index in [1.807, 2.05) is 0 Å². The molecule has 0 aromatic carbocycles. The molecule has 0 aliphatic carbocycles. The molecule has 1 rings (SSSR count). The van der Waals surface area contributed by atoms with E-state index in [-0.39, 0.29) is 0 Å². The van der Waals surface area contributed by atoms with Crippen molar-refractivity contribution in [3.63, 3.8) is 0 Å². The predicted octanol–water partition coefficient (Wildman–Crippen LogP) is 1.31. The van der Waals surface area contributed by atoms with Crippen molar-refractivity contribution in [3.8, 4) is 0 Å². The molecular weight excluding hydrogens is 186 g/mol. The molecule has 2 atom stereocenters. The number of unbranched alkanes of at least 4 members (excludes halogenated alkanes) is 1. The Hall–Kier alpha value is -0.540. The Bertz CT molecular complexity index is 203. The summed E-state index contributed by atoms with van der Waals surface area (Å²) in [5.74, 6) is 0. The first-order valence-corrected chi connectivity index (χ1v) is 6.02. The average molecular weight is 211 g/mol. The Labute approximate surface area is 93.7 Å². The van der Waals surface area contributed by atoms with Crippen molar-refractivity contribution < 1.29 is 0 Å². The van der Waals surface area contributed by atoms with Crippen LogP contribution in [0, 0.1) is 0 Å². The van der Waals surface area contributed by atoms with Gasteiger partial charge in [0.25, 0.3) is 0 Å². The van der Waals surface area contributed by atoms with Gasteiger partial charge < -0.3 is 16.0 Å². The standard InChI is InChI=1S/C12H25N3/c1-4-5-8-15(3)9-11-6-7-12(14-11)10(2)13/h11-12,14H,2,4-9,13H2,1,3H3. The second kappa shape index (κ2) is 6.13. The number of rotatable bonds is 6. The first kappa shape index (κ1) is 12.5. The van der Waals surface area contributed by atoms with Crippen molar-refractivity contribution >= 4 is 0 Å². The van der Waals surface area contributed by atoms with Crippen LogP contribution in [0.25, 0.3) is 0 Å². The van der Waals surface area contributed by atoms with Crippen LogP contribution in [0.1, 0.15) is 32.6 Å². The van der Waals surface area contributed by atoms with E-state index >= 15 is 0 Å². The van der Waals surface area contributed by atoms with E-state index in [1.165, 1.54) is 25.8 Å². The van der Waals surface area contributed by atoms with Crippen LogP contribution in [0.5, 0.6) is 0 Å². The Morgan fingerprint density at radius 1 is 1.53 bits per heavy atom. The quantitative estimate of drug-likeness (QED) is 0.696. The Kier molecular flexibility index (Phi) is 5.12. The highest BCUT2D eigenvalue weighted by Gasteiger charge is 2.24. The SMILES string of the molecule is C=C(N)C1CCC(CN(C)CCCC)N1. The van der Waals surface area contributed by atoms with Gasteiger partial charge in [0.2, 0.25) is 0 Å². The zero-order chi connectivity index (χ0) is 11.3. The highest BCUT2D eigenvalue weighted by atomic mass is 15.1. The van der Waals surface area contributed by atoms with Gasteiger partial charge in [-0.3, -0.25) is 0 Å². The van der Waals surface area contributed by atoms with Crippen LogP contribution >= 0.6 is 0 Å². The maximum atomic E-state index is 5.70. The van der Waals surface area contributed by atoms with Crippen molar-refractivity contribution in [2.24, 2.45) is 5.73 Å². The summed E-state index contributed by atoms with van der Waals surface area (Å²) in [5.41, 5.74) is 6.49. The average Bonchev–Trinajstić information content (AvgIpc) is 2.63. The summed E-state index contributed by atoms with van der Waals surface area (Å²) in [6.45, 7) is 8.36. The summed E-state index contributed by atoms with van der Waals surface area (Å²) in [4.78, 5) is 2.41. The molecule has 0 aromatic heterocycles. The van der Waals surface area contributed by atoms with Gasteiger partial charge in [0.05, 0.1) is 0 Å². The van der Waals surface area contributed by atoms with Crippen molar-refractivity contribution in [2.75, 3.05) is 20.1 Å². The molecule has 1 aliphatic rings. The third-order valence-corrected chi connectivity index (χ3v) is 3.11.